The van der Waals surface area contributed by atoms with Gasteiger partial charge in [-0.2, -0.15) is 0 Å². The van der Waals surface area contributed by atoms with Crippen LogP contribution in [0, 0.1) is 5.82 Å². The predicted molar refractivity (Wildman–Crippen MR) is 81.8 cm³/mol. The summed E-state index contributed by atoms with van der Waals surface area (Å²) in [5.74, 6) is -0.312. The van der Waals surface area contributed by atoms with Gasteiger partial charge in [-0.1, -0.05) is 30.4 Å². The molecule has 0 spiro atoms. The highest BCUT2D eigenvalue weighted by Gasteiger charge is 2.12. The number of nitrogens with zero attached hydrogens (tertiary/aromatic N) is 1. The highest BCUT2D eigenvalue weighted by atomic mass is 32.1. The van der Waals surface area contributed by atoms with Gasteiger partial charge in [-0.3, -0.25) is 4.90 Å². The molecule has 2 N–H and O–H groups in total. The van der Waals surface area contributed by atoms with Crippen molar-refractivity contribution in [3.8, 4) is 0 Å². The Hall–Kier alpha value is -1.30. The first kappa shape index (κ1) is 14.1. The van der Waals surface area contributed by atoms with E-state index in [2.05, 4.69) is 11.0 Å². The Morgan fingerprint density at radius 2 is 2.11 bits per heavy atom. The predicted octanol–water partition coefficient (Wildman–Crippen LogP) is 3.15. The third kappa shape index (κ3) is 3.59. The summed E-state index contributed by atoms with van der Waals surface area (Å²) in [7, 11) is 1.96. The minimum absolute atomic E-state index is 0.0975. The molecule has 100 valence electrons. The Balaban J connectivity index is 2.10. The van der Waals surface area contributed by atoms with Crippen LogP contribution in [-0.4, -0.2) is 16.9 Å². The molecule has 0 bridgehead atoms. The van der Waals surface area contributed by atoms with E-state index >= 15 is 0 Å². The SMILES string of the molecule is CN(Cc1cccs1)Cc1cccc(C(N)=S)c1F. The minimum atomic E-state index is -0.312. The largest absolute Gasteiger partial charge is 0.389 e. The molecule has 0 aliphatic carbocycles. The van der Waals surface area contributed by atoms with E-state index < -0.39 is 0 Å². The number of thiocarbonyl (C=S) groups is 1. The van der Waals surface area contributed by atoms with Crippen molar-refractivity contribution in [2.45, 2.75) is 13.1 Å². The number of hydrogen-bond donors (Lipinski definition) is 1. The zero-order valence-electron chi connectivity index (χ0n) is 10.6. The van der Waals surface area contributed by atoms with Crippen molar-refractivity contribution in [1.29, 1.82) is 0 Å². The summed E-state index contributed by atoms with van der Waals surface area (Å²) < 4.78 is 14.2. The summed E-state index contributed by atoms with van der Waals surface area (Å²) in [6.45, 7) is 1.33. The zero-order chi connectivity index (χ0) is 13.8. The number of rotatable bonds is 5. The Labute approximate surface area is 121 Å². The average Bonchev–Trinajstić information content (AvgIpc) is 2.84. The maximum Gasteiger partial charge on any atom is 0.137 e. The lowest BCUT2D eigenvalue weighted by Crippen LogP contribution is -2.19. The van der Waals surface area contributed by atoms with E-state index in [9.17, 15) is 4.39 Å². The van der Waals surface area contributed by atoms with Crippen molar-refractivity contribution in [3.63, 3.8) is 0 Å². The van der Waals surface area contributed by atoms with Crippen LogP contribution in [0.2, 0.25) is 0 Å². The minimum Gasteiger partial charge on any atom is -0.389 e. The molecule has 2 aromatic rings. The molecular formula is C14H15FN2S2. The van der Waals surface area contributed by atoms with E-state index in [1.54, 1.807) is 29.5 Å². The van der Waals surface area contributed by atoms with Gasteiger partial charge in [0.15, 0.2) is 0 Å². The van der Waals surface area contributed by atoms with Gasteiger partial charge in [-0.05, 0) is 24.6 Å². The van der Waals surface area contributed by atoms with E-state index in [0.717, 1.165) is 6.54 Å². The Morgan fingerprint density at radius 1 is 1.32 bits per heavy atom. The molecule has 0 atom stereocenters. The lowest BCUT2D eigenvalue weighted by Gasteiger charge is -2.17. The van der Waals surface area contributed by atoms with Gasteiger partial charge in [0.05, 0.1) is 0 Å². The highest BCUT2D eigenvalue weighted by molar-refractivity contribution is 7.80. The molecule has 0 saturated carbocycles. The molecule has 2 nitrogen and oxygen atoms in total. The molecule has 0 aliphatic rings. The Bertz CT molecular complexity index is 567. The van der Waals surface area contributed by atoms with Crippen molar-refractivity contribution in [2.75, 3.05) is 7.05 Å². The molecule has 0 amide bonds. The molecule has 0 fully saturated rings. The lowest BCUT2D eigenvalue weighted by molar-refractivity contribution is 0.316. The number of thiophene rings is 1. The van der Waals surface area contributed by atoms with Gasteiger partial charge in [0, 0.05) is 29.1 Å². The van der Waals surface area contributed by atoms with Crippen molar-refractivity contribution >= 4 is 28.5 Å². The maximum atomic E-state index is 14.2. The van der Waals surface area contributed by atoms with Crippen LogP contribution in [0.4, 0.5) is 4.39 Å². The van der Waals surface area contributed by atoms with Crippen LogP contribution in [0.25, 0.3) is 0 Å². The van der Waals surface area contributed by atoms with Gasteiger partial charge in [-0.25, -0.2) is 4.39 Å². The molecule has 0 saturated heterocycles. The van der Waals surface area contributed by atoms with Crippen LogP contribution in [0.3, 0.4) is 0 Å². The fraction of sp³-hybridized carbons (Fsp3) is 0.214. The third-order valence-corrected chi connectivity index (χ3v) is 3.87. The van der Waals surface area contributed by atoms with Gasteiger partial charge < -0.3 is 5.73 Å². The number of benzene rings is 1. The lowest BCUT2D eigenvalue weighted by atomic mass is 10.1. The van der Waals surface area contributed by atoms with Crippen LogP contribution in [0.1, 0.15) is 16.0 Å². The topological polar surface area (TPSA) is 29.3 Å². The second-order valence-electron chi connectivity index (χ2n) is 4.39. The van der Waals surface area contributed by atoms with Gasteiger partial charge >= 0.3 is 0 Å². The number of nitrogens with two attached hydrogens (primary N) is 1. The molecular weight excluding hydrogens is 279 g/mol. The fourth-order valence-corrected chi connectivity index (χ4v) is 2.85. The Morgan fingerprint density at radius 3 is 2.74 bits per heavy atom. The number of hydrogen-bond acceptors (Lipinski definition) is 3. The van der Waals surface area contributed by atoms with Crippen LogP contribution in [0.15, 0.2) is 35.7 Å². The molecule has 5 heteroatoms. The molecule has 1 aromatic carbocycles. The molecule has 19 heavy (non-hydrogen) atoms. The highest BCUT2D eigenvalue weighted by Crippen LogP contribution is 2.17. The summed E-state index contributed by atoms with van der Waals surface area (Å²) in [5, 5.41) is 2.04. The monoisotopic (exact) mass is 294 g/mol. The second kappa shape index (κ2) is 6.23. The van der Waals surface area contributed by atoms with E-state index in [-0.39, 0.29) is 10.8 Å². The first-order chi connectivity index (χ1) is 9.08. The van der Waals surface area contributed by atoms with E-state index in [4.69, 9.17) is 18.0 Å². The van der Waals surface area contributed by atoms with E-state index in [1.807, 2.05) is 18.5 Å². The second-order valence-corrected chi connectivity index (χ2v) is 5.87. The summed E-state index contributed by atoms with van der Waals surface area (Å²) in [6, 6.07) is 9.25. The summed E-state index contributed by atoms with van der Waals surface area (Å²) in [6.07, 6.45) is 0. The molecule has 2 rings (SSSR count). The quantitative estimate of drug-likeness (QED) is 0.859. The average molecular weight is 294 g/mol. The van der Waals surface area contributed by atoms with Crippen molar-refractivity contribution in [2.24, 2.45) is 5.73 Å². The Kier molecular flexibility index (Phi) is 4.63. The molecule has 0 unspecified atom stereocenters. The zero-order valence-corrected chi connectivity index (χ0v) is 12.2. The van der Waals surface area contributed by atoms with Gasteiger partial charge in [0.1, 0.15) is 10.8 Å². The van der Waals surface area contributed by atoms with Crippen LogP contribution in [-0.2, 0) is 13.1 Å². The van der Waals surface area contributed by atoms with Gasteiger partial charge in [0.2, 0.25) is 0 Å². The van der Waals surface area contributed by atoms with Crippen molar-refractivity contribution in [1.82, 2.24) is 4.90 Å². The molecule has 1 aromatic heterocycles. The summed E-state index contributed by atoms with van der Waals surface area (Å²) >= 11 is 6.54. The van der Waals surface area contributed by atoms with Crippen LogP contribution < -0.4 is 5.73 Å². The van der Waals surface area contributed by atoms with E-state index in [1.165, 1.54) is 4.88 Å². The number of halogens is 1. The van der Waals surface area contributed by atoms with Crippen molar-refractivity contribution < 1.29 is 4.39 Å². The van der Waals surface area contributed by atoms with Crippen LogP contribution >= 0.6 is 23.6 Å². The maximum absolute atomic E-state index is 14.2. The summed E-state index contributed by atoms with van der Waals surface area (Å²) in [5.41, 5.74) is 6.44. The summed E-state index contributed by atoms with van der Waals surface area (Å²) in [4.78, 5) is 3.42. The first-order valence-corrected chi connectivity index (χ1v) is 7.15. The van der Waals surface area contributed by atoms with Crippen molar-refractivity contribution in [3.05, 3.63) is 57.5 Å². The molecule has 1 heterocycles. The third-order valence-electron chi connectivity index (χ3n) is 2.79. The standard InChI is InChI=1S/C14H15FN2S2/c1-17(9-11-5-3-7-19-11)8-10-4-2-6-12(13(10)15)14(16)18/h2-7H,8-9H2,1H3,(H2,16,18). The first-order valence-electron chi connectivity index (χ1n) is 5.86. The van der Waals surface area contributed by atoms with Gasteiger partial charge in [0.25, 0.3) is 0 Å². The molecule has 0 aliphatic heterocycles. The fourth-order valence-electron chi connectivity index (χ4n) is 1.91. The normalized spacial score (nSPS) is 10.9. The smallest absolute Gasteiger partial charge is 0.137 e. The molecule has 0 radical (unpaired) electrons. The van der Waals surface area contributed by atoms with Crippen LogP contribution in [0.5, 0.6) is 0 Å². The van der Waals surface area contributed by atoms with E-state index in [0.29, 0.717) is 17.7 Å². The van der Waals surface area contributed by atoms with Gasteiger partial charge in [-0.15, -0.1) is 11.3 Å².